The monoisotopic (exact) mass is 674 g/mol. The van der Waals surface area contributed by atoms with Gasteiger partial charge in [-0.1, -0.05) is 39.5 Å². The van der Waals surface area contributed by atoms with Crippen LogP contribution in [0.4, 0.5) is 18.0 Å². The molecule has 0 aliphatic carbocycles. The van der Waals surface area contributed by atoms with Gasteiger partial charge in [0.25, 0.3) is 0 Å². The van der Waals surface area contributed by atoms with E-state index in [1.165, 1.54) is 22.4 Å². The van der Waals surface area contributed by atoms with Crippen molar-refractivity contribution in [2.24, 2.45) is 16.8 Å². The first-order chi connectivity index (χ1) is 21.2. The number of fused-ring (bicyclic) bond motifs is 2. The number of hydrogen-bond donors (Lipinski definition) is 0. The van der Waals surface area contributed by atoms with Crippen LogP contribution in [0.5, 0.6) is 0 Å². The Hall–Kier alpha value is -3.64. The van der Waals surface area contributed by atoms with Crippen molar-refractivity contribution < 1.29 is 27.5 Å². The predicted octanol–water partition coefficient (Wildman–Crippen LogP) is 9.81. The zero-order valence-corrected chi connectivity index (χ0v) is 27.6. The average Bonchev–Trinajstić information content (AvgIpc) is 3.66. The number of thiazole rings is 2. The Morgan fingerprint density at radius 1 is 0.957 bits per heavy atom. The van der Waals surface area contributed by atoms with Crippen LogP contribution in [0.25, 0.3) is 26.1 Å². The fraction of sp³-hybridized carbons (Fsp3) is 0.441. The van der Waals surface area contributed by atoms with Gasteiger partial charge >= 0.3 is 12.3 Å². The maximum absolute atomic E-state index is 12.6. The van der Waals surface area contributed by atoms with Crippen molar-refractivity contribution in [1.29, 1.82) is 0 Å². The summed E-state index contributed by atoms with van der Waals surface area (Å²) in [7, 11) is 0. The molecule has 4 aromatic rings. The van der Waals surface area contributed by atoms with E-state index >= 15 is 0 Å². The molecule has 0 saturated carbocycles. The lowest BCUT2D eigenvalue weighted by molar-refractivity contribution is -0.156. The van der Waals surface area contributed by atoms with Crippen molar-refractivity contribution in [3.05, 3.63) is 64.6 Å². The molecule has 0 unspecified atom stereocenters. The third-order valence-electron chi connectivity index (χ3n) is 7.00. The second-order valence-electron chi connectivity index (χ2n) is 12.2. The molecule has 2 aliphatic rings. The Morgan fingerprint density at radius 2 is 1.52 bits per heavy atom. The SMILES string of the molecule is C.C[C@H]1CC=C(c2ccc3scnc3c2)N(C(=O)OC(C)(C)C)C1.C[C@H]1CCC(c2ccc3scnc3c2)=NC1.O=CC(F)(F)F. The van der Waals surface area contributed by atoms with Gasteiger partial charge in [0, 0.05) is 24.4 Å². The third kappa shape index (κ3) is 10.4. The lowest BCUT2D eigenvalue weighted by atomic mass is 9.96. The molecule has 0 N–H and O–H groups in total. The van der Waals surface area contributed by atoms with Crippen LogP contribution < -0.4 is 0 Å². The summed E-state index contributed by atoms with van der Waals surface area (Å²) in [4.78, 5) is 36.5. The summed E-state index contributed by atoms with van der Waals surface area (Å²) in [6, 6.07) is 12.7. The van der Waals surface area contributed by atoms with Crippen molar-refractivity contribution in [1.82, 2.24) is 14.9 Å². The van der Waals surface area contributed by atoms with Gasteiger partial charge in [-0.05, 0) is 81.7 Å². The number of carbonyl (C=O) groups excluding carboxylic acids is 2. The molecule has 248 valence electrons. The third-order valence-corrected chi connectivity index (χ3v) is 8.62. The summed E-state index contributed by atoms with van der Waals surface area (Å²) < 4.78 is 39.2. The van der Waals surface area contributed by atoms with E-state index in [1.54, 1.807) is 27.6 Å². The minimum atomic E-state index is -4.64. The second kappa shape index (κ2) is 15.8. The minimum Gasteiger partial charge on any atom is -0.443 e. The van der Waals surface area contributed by atoms with Gasteiger partial charge in [-0.15, -0.1) is 22.7 Å². The normalized spacial score (nSPS) is 18.2. The molecule has 2 aliphatic heterocycles. The molecule has 46 heavy (non-hydrogen) atoms. The summed E-state index contributed by atoms with van der Waals surface area (Å²) in [5.41, 5.74) is 9.77. The van der Waals surface area contributed by atoms with E-state index in [-0.39, 0.29) is 13.5 Å². The van der Waals surface area contributed by atoms with Gasteiger partial charge in [0.2, 0.25) is 6.29 Å². The number of alkyl halides is 3. The standard InChI is InChI=1S/C18H22N2O2S.C13H14N2S.C2HF3O.CH4/c1-12-5-7-15(20(10-12)17(21)22-18(2,3)4)13-6-8-16-14(9-13)19-11-23-16;1-9-2-4-11(14-7-9)10-3-5-13-12(6-10)15-8-16-13;3-2(4,5)1-6;/h6-9,11-12H,5,10H2,1-4H3;3,5-6,8-9H,2,4,7H2,1H3;1H;1H4/t12-;9-;;/m00../s1. The van der Waals surface area contributed by atoms with E-state index in [9.17, 15) is 18.0 Å². The van der Waals surface area contributed by atoms with Gasteiger partial charge in [-0.3, -0.25) is 14.7 Å². The number of amides is 1. The molecule has 0 fully saturated rings. The molecule has 2 aromatic heterocycles. The molecule has 0 radical (unpaired) electrons. The van der Waals surface area contributed by atoms with Crippen LogP contribution in [0.2, 0.25) is 0 Å². The van der Waals surface area contributed by atoms with Crippen molar-refractivity contribution in [3.63, 3.8) is 0 Å². The van der Waals surface area contributed by atoms with Gasteiger partial charge in [0.15, 0.2) is 0 Å². The van der Waals surface area contributed by atoms with Crippen LogP contribution in [0.1, 0.15) is 72.4 Å². The lowest BCUT2D eigenvalue weighted by Gasteiger charge is -2.33. The molecule has 0 saturated heterocycles. The fourth-order valence-corrected chi connectivity index (χ4v) is 6.10. The lowest BCUT2D eigenvalue weighted by Crippen LogP contribution is -2.39. The number of allylic oxidation sites excluding steroid dienone is 1. The van der Waals surface area contributed by atoms with Crippen molar-refractivity contribution in [3.8, 4) is 0 Å². The molecule has 0 spiro atoms. The highest BCUT2D eigenvalue weighted by atomic mass is 32.1. The van der Waals surface area contributed by atoms with Crippen molar-refractivity contribution >= 4 is 66.9 Å². The topological polar surface area (TPSA) is 84.8 Å². The van der Waals surface area contributed by atoms with Crippen LogP contribution in [0, 0.1) is 11.8 Å². The van der Waals surface area contributed by atoms with E-state index in [4.69, 9.17) is 9.53 Å². The largest absolute Gasteiger partial charge is 0.446 e. The molecule has 1 amide bonds. The maximum atomic E-state index is 12.6. The van der Waals surface area contributed by atoms with Crippen LogP contribution in [0.15, 0.2) is 58.5 Å². The van der Waals surface area contributed by atoms with Crippen molar-refractivity contribution in [2.75, 3.05) is 13.1 Å². The van der Waals surface area contributed by atoms with Crippen LogP contribution in [-0.4, -0.2) is 57.8 Å². The molecule has 2 aromatic carbocycles. The summed E-state index contributed by atoms with van der Waals surface area (Å²) in [6.07, 6.45) is -0.527. The van der Waals surface area contributed by atoms with E-state index in [2.05, 4.69) is 65.2 Å². The number of halogens is 3. The molecule has 4 heterocycles. The molecular weight excluding hydrogens is 634 g/mol. The Labute approximate surface area is 276 Å². The first kappa shape index (κ1) is 36.8. The number of hydrogen-bond acceptors (Lipinski definition) is 8. The van der Waals surface area contributed by atoms with Gasteiger partial charge in [0.1, 0.15) is 5.60 Å². The fourth-order valence-electron chi connectivity index (χ4n) is 4.78. The van der Waals surface area contributed by atoms with Gasteiger partial charge in [-0.25, -0.2) is 14.8 Å². The summed E-state index contributed by atoms with van der Waals surface area (Å²) in [6.45, 7) is 11.7. The first-order valence-electron chi connectivity index (χ1n) is 14.7. The minimum absolute atomic E-state index is 0. The molecule has 12 heteroatoms. The number of aromatic nitrogens is 2. The highest BCUT2D eigenvalue weighted by Gasteiger charge is 2.29. The molecular formula is C34H41F3N4O3S2. The Balaban J connectivity index is 0.000000217. The highest BCUT2D eigenvalue weighted by molar-refractivity contribution is 7.17. The highest BCUT2D eigenvalue weighted by Crippen LogP contribution is 2.31. The van der Waals surface area contributed by atoms with E-state index in [0.29, 0.717) is 12.5 Å². The first-order valence-corrected chi connectivity index (χ1v) is 16.4. The van der Waals surface area contributed by atoms with E-state index < -0.39 is 18.1 Å². The number of benzene rings is 2. The second-order valence-corrected chi connectivity index (χ2v) is 14.0. The van der Waals surface area contributed by atoms with Gasteiger partial charge in [0.05, 0.1) is 37.2 Å². The van der Waals surface area contributed by atoms with Gasteiger partial charge in [-0.2, -0.15) is 13.2 Å². The summed E-state index contributed by atoms with van der Waals surface area (Å²) in [5, 5.41) is 0. The van der Waals surface area contributed by atoms with Crippen molar-refractivity contribution in [2.45, 2.75) is 73.1 Å². The zero-order chi connectivity index (χ0) is 32.8. The smallest absolute Gasteiger partial charge is 0.443 e. The van der Waals surface area contributed by atoms with Crippen LogP contribution in [0.3, 0.4) is 0 Å². The van der Waals surface area contributed by atoms with E-state index in [0.717, 1.165) is 52.3 Å². The van der Waals surface area contributed by atoms with E-state index in [1.807, 2.05) is 37.9 Å². The Morgan fingerprint density at radius 3 is 2.04 bits per heavy atom. The summed E-state index contributed by atoms with van der Waals surface area (Å²) in [5.74, 6) is 1.17. The van der Waals surface area contributed by atoms with Crippen LogP contribution in [-0.2, 0) is 9.53 Å². The number of ether oxygens (including phenoxy) is 1. The Kier molecular flexibility index (Phi) is 12.6. The number of aldehydes is 1. The molecule has 0 bridgehead atoms. The maximum Gasteiger partial charge on any atom is 0.446 e. The average molecular weight is 675 g/mol. The number of nitrogens with zero attached hydrogens (tertiary/aromatic N) is 4. The number of rotatable bonds is 2. The molecule has 6 rings (SSSR count). The van der Waals surface area contributed by atoms with Gasteiger partial charge < -0.3 is 4.74 Å². The predicted molar refractivity (Wildman–Crippen MR) is 183 cm³/mol. The summed E-state index contributed by atoms with van der Waals surface area (Å²) >= 11 is 3.31. The van der Waals surface area contributed by atoms with Crippen LogP contribution >= 0.6 is 22.7 Å². The number of carbonyl (C=O) groups is 2. The Bertz CT molecular complexity index is 1690. The quantitative estimate of drug-likeness (QED) is 0.198. The molecule has 2 atom stereocenters. The zero-order valence-electron chi connectivity index (χ0n) is 25.9. The number of aliphatic imine (C=N–C) groups is 1. The molecule has 7 nitrogen and oxygen atoms in total.